The topological polar surface area (TPSA) is 67.6 Å². The molecule has 0 aliphatic carbocycles. The smallest absolute Gasteiger partial charge is 0.407 e. The highest BCUT2D eigenvalue weighted by atomic mass is 16.6. The zero-order valence-corrected chi connectivity index (χ0v) is 13.5. The van der Waals surface area contributed by atoms with E-state index in [9.17, 15) is 4.79 Å². The molecule has 118 valence electrons. The summed E-state index contributed by atoms with van der Waals surface area (Å²) in [5.41, 5.74) is 1.63. The minimum Gasteiger partial charge on any atom is -0.444 e. The Morgan fingerprint density at radius 1 is 1.48 bits per heavy atom. The van der Waals surface area contributed by atoms with E-state index in [-0.39, 0.29) is 12.1 Å². The summed E-state index contributed by atoms with van der Waals surface area (Å²) in [4.78, 5) is 14.1. The summed E-state index contributed by atoms with van der Waals surface area (Å²) in [5.74, 6) is 0.871. The van der Waals surface area contributed by atoms with Crippen LogP contribution in [0.5, 0.6) is 0 Å². The molecule has 2 rings (SSSR count). The number of likely N-dealkylation sites (tertiary alicyclic amines) is 1. The molecule has 1 N–H and O–H groups in total. The number of ether oxygens (including phenoxy) is 1. The number of nitrogens with zero attached hydrogens (tertiary/aromatic N) is 2. The second-order valence-corrected chi connectivity index (χ2v) is 6.67. The first kappa shape index (κ1) is 15.8. The number of hydrogen-bond donors (Lipinski definition) is 1. The molecule has 6 nitrogen and oxygen atoms in total. The molecule has 0 unspecified atom stereocenters. The summed E-state index contributed by atoms with van der Waals surface area (Å²) in [5, 5.41) is 6.91. The third kappa shape index (κ3) is 4.46. The van der Waals surface area contributed by atoms with Gasteiger partial charge in [-0.25, -0.2) is 4.79 Å². The standard InChI is InChI=1S/C15H25N3O3/c1-10-13(11(2)21-17-10)9-18-7-6-12(8-18)16-14(19)20-15(3,4)5/h12H,6-9H2,1-5H3,(H,16,19)/t12-/m0/s1. The molecule has 1 saturated heterocycles. The Morgan fingerprint density at radius 2 is 2.19 bits per heavy atom. The van der Waals surface area contributed by atoms with E-state index in [1.165, 1.54) is 0 Å². The maximum absolute atomic E-state index is 11.8. The average molecular weight is 295 g/mol. The predicted octanol–water partition coefficient (Wildman–Crippen LogP) is 2.39. The second-order valence-electron chi connectivity index (χ2n) is 6.67. The average Bonchev–Trinajstić information content (AvgIpc) is 2.88. The van der Waals surface area contributed by atoms with Crippen LogP contribution in [0.25, 0.3) is 0 Å². The van der Waals surface area contributed by atoms with Gasteiger partial charge in [0, 0.05) is 31.2 Å². The highest BCUT2D eigenvalue weighted by Gasteiger charge is 2.27. The fourth-order valence-corrected chi connectivity index (χ4v) is 2.52. The van der Waals surface area contributed by atoms with Crippen LogP contribution in [0.15, 0.2) is 4.52 Å². The van der Waals surface area contributed by atoms with Gasteiger partial charge in [0.1, 0.15) is 11.4 Å². The van der Waals surface area contributed by atoms with Crippen molar-refractivity contribution in [1.82, 2.24) is 15.4 Å². The van der Waals surface area contributed by atoms with Crippen LogP contribution in [0.2, 0.25) is 0 Å². The quantitative estimate of drug-likeness (QED) is 0.927. The van der Waals surface area contributed by atoms with Crippen LogP contribution in [0.4, 0.5) is 4.79 Å². The molecule has 1 amide bonds. The summed E-state index contributed by atoms with van der Waals surface area (Å²) in [6, 6.07) is 0.139. The van der Waals surface area contributed by atoms with E-state index in [0.29, 0.717) is 0 Å². The highest BCUT2D eigenvalue weighted by molar-refractivity contribution is 5.68. The van der Waals surface area contributed by atoms with Crippen molar-refractivity contribution in [2.45, 2.75) is 59.2 Å². The van der Waals surface area contributed by atoms with E-state index in [0.717, 1.165) is 43.1 Å². The van der Waals surface area contributed by atoms with E-state index in [4.69, 9.17) is 9.26 Å². The molecule has 2 heterocycles. The lowest BCUT2D eigenvalue weighted by Crippen LogP contribution is -2.40. The minimum absolute atomic E-state index is 0.139. The molecule has 0 aromatic carbocycles. The van der Waals surface area contributed by atoms with Crippen molar-refractivity contribution >= 4 is 6.09 Å². The Morgan fingerprint density at radius 3 is 2.76 bits per heavy atom. The zero-order valence-electron chi connectivity index (χ0n) is 13.5. The maximum Gasteiger partial charge on any atom is 0.407 e. The Bertz CT molecular complexity index is 485. The molecule has 1 fully saturated rings. The van der Waals surface area contributed by atoms with Gasteiger partial charge in [-0.1, -0.05) is 5.16 Å². The van der Waals surface area contributed by atoms with Crippen LogP contribution >= 0.6 is 0 Å². The van der Waals surface area contributed by atoms with E-state index in [2.05, 4.69) is 15.4 Å². The third-order valence-electron chi connectivity index (χ3n) is 3.56. The molecular formula is C15H25N3O3. The number of aryl methyl sites for hydroxylation is 2. The first-order valence-corrected chi connectivity index (χ1v) is 7.38. The van der Waals surface area contributed by atoms with Gasteiger partial charge in [-0.05, 0) is 41.0 Å². The van der Waals surface area contributed by atoms with Gasteiger partial charge in [0.25, 0.3) is 0 Å². The van der Waals surface area contributed by atoms with E-state index in [1.807, 2.05) is 34.6 Å². The van der Waals surface area contributed by atoms with Crippen molar-refractivity contribution in [3.63, 3.8) is 0 Å². The van der Waals surface area contributed by atoms with Crippen molar-refractivity contribution in [2.75, 3.05) is 13.1 Å². The van der Waals surface area contributed by atoms with Crippen LogP contribution in [0, 0.1) is 13.8 Å². The summed E-state index contributed by atoms with van der Waals surface area (Å²) in [7, 11) is 0. The number of nitrogens with one attached hydrogen (secondary N) is 1. The lowest BCUT2D eigenvalue weighted by Gasteiger charge is -2.22. The Labute approximate surface area is 125 Å². The molecule has 1 aliphatic heterocycles. The van der Waals surface area contributed by atoms with Gasteiger partial charge in [-0.2, -0.15) is 0 Å². The van der Waals surface area contributed by atoms with E-state index in [1.54, 1.807) is 0 Å². The van der Waals surface area contributed by atoms with Gasteiger partial charge in [0.15, 0.2) is 0 Å². The largest absolute Gasteiger partial charge is 0.444 e. The molecular weight excluding hydrogens is 270 g/mol. The number of aromatic nitrogens is 1. The van der Waals surface area contributed by atoms with E-state index < -0.39 is 5.60 Å². The summed E-state index contributed by atoms with van der Waals surface area (Å²) in [6.45, 7) is 12.1. The first-order valence-electron chi connectivity index (χ1n) is 7.38. The number of hydrogen-bond acceptors (Lipinski definition) is 5. The molecule has 21 heavy (non-hydrogen) atoms. The monoisotopic (exact) mass is 295 g/mol. The normalized spacial score (nSPS) is 19.8. The SMILES string of the molecule is Cc1noc(C)c1CN1CC[C@H](NC(=O)OC(C)(C)C)C1. The Balaban J connectivity index is 1.83. The van der Waals surface area contributed by atoms with Crippen LogP contribution < -0.4 is 5.32 Å². The van der Waals surface area contributed by atoms with Gasteiger partial charge in [0.2, 0.25) is 0 Å². The number of alkyl carbamates (subject to hydrolysis) is 1. The molecule has 1 atom stereocenters. The number of amides is 1. The molecule has 0 radical (unpaired) electrons. The summed E-state index contributed by atoms with van der Waals surface area (Å²) in [6.07, 6.45) is 0.592. The first-order chi connectivity index (χ1) is 9.74. The van der Waals surface area contributed by atoms with Crippen LogP contribution in [-0.2, 0) is 11.3 Å². The number of carbonyl (C=O) groups is 1. The van der Waals surface area contributed by atoms with E-state index >= 15 is 0 Å². The van der Waals surface area contributed by atoms with Crippen LogP contribution in [0.3, 0.4) is 0 Å². The second kappa shape index (κ2) is 6.05. The fourth-order valence-electron chi connectivity index (χ4n) is 2.52. The highest BCUT2D eigenvalue weighted by Crippen LogP contribution is 2.19. The van der Waals surface area contributed by atoms with Crippen LogP contribution in [0.1, 0.15) is 44.2 Å². The van der Waals surface area contributed by atoms with Gasteiger partial charge >= 0.3 is 6.09 Å². The lowest BCUT2D eigenvalue weighted by atomic mass is 10.2. The molecule has 0 bridgehead atoms. The molecule has 1 aliphatic rings. The zero-order chi connectivity index (χ0) is 15.6. The van der Waals surface area contributed by atoms with Crippen molar-refractivity contribution in [2.24, 2.45) is 0 Å². The molecule has 0 saturated carbocycles. The fraction of sp³-hybridized carbons (Fsp3) is 0.733. The van der Waals surface area contributed by atoms with Crippen molar-refractivity contribution in [1.29, 1.82) is 0 Å². The maximum atomic E-state index is 11.8. The summed E-state index contributed by atoms with van der Waals surface area (Å²) < 4.78 is 10.5. The Kier molecular flexibility index (Phi) is 4.56. The van der Waals surface area contributed by atoms with Gasteiger partial charge in [-0.15, -0.1) is 0 Å². The molecule has 1 aromatic heterocycles. The molecule has 1 aromatic rings. The van der Waals surface area contributed by atoms with Crippen LogP contribution in [-0.4, -0.2) is 40.9 Å². The lowest BCUT2D eigenvalue weighted by molar-refractivity contribution is 0.0505. The molecule has 6 heteroatoms. The van der Waals surface area contributed by atoms with Gasteiger partial charge in [-0.3, -0.25) is 4.90 Å². The van der Waals surface area contributed by atoms with Gasteiger partial charge in [0.05, 0.1) is 5.69 Å². The van der Waals surface area contributed by atoms with Crippen molar-refractivity contribution in [3.8, 4) is 0 Å². The Hall–Kier alpha value is -1.56. The van der Waals surface area contributed by atoms with Crippen molar-refractivity contribution < 1.29 is 14.1 Å². The van der Waals surface area contributed by atoms with Crippen molar-refractivity contribution in [3.05, 3.63) is 17.0 Å². The third-order valence-corrected chi connectivity index (χ3v) is 3.56. The van der Waals surface area contributed by atoms with Gasteiger partial charge < -0.3 is 14.6 Å². The molecule has 0 spiro atoms. The number of rotatable bonds is 3. The number of carbonyl (C=O) groups excluding carboxylic acids is 1. The minimum atomic E-state index is -0.459. The summed E-state index contributed by atoms with van der Waals surface area (Å²) >= 11 is 0. The predicted molar refractivity (Wildman–Crippen MR) is 79.0 cm³/mol.